The SMILES string of the molecule is [SiH3]c1ccc2c([nH]c3ccccc32)c1[SiH3]. The van der Waals surface area contributed by atoms with Crippen molar-refractivity contribution < 1.29 is 0 Å². The minimum absolute atomic E-state index is 1.13. The van der Waals surface area contributed by atoms with E-state index in [1.54, 1.807) is 10.4 Å². The molecule has 0 aliphatic heterocycles. The third kappa shape index (κ3) is 1.20. The largest absolute Gasteiger partial charge is 0.355 e. The van der Waals surface area contributed by atoms with Gasteiger partial charge in [-0.1, -0.05) is 35.5 Å². The Balaban J connectivity index is 2.60. The van der Waals surface area contributed by atoms with Gasteiger partial charge in [-0.05, 0) is 11.3 Å². The number of fused-ring (bicyclic) bond motifs is 3. The van der Waals surface area contributed by atoms with Crippen LogP contribution in [0.2, 0.25) is 0 Å². The summed E-state index contributed by atoms with van der Waals surface area (Å²) in [6, 6.07) is 13.1. The van der Waals surface area contributed by atoms with Gasteiger partial charge in [0.1, 0.15) is 0 Å². The highest BCUT2D eigenvalue weighted by molar-refractivity contribution is 6.52. The summed E-state index contributed by atoms with van der Waals surface area (Å²) in [4.78, 5) is 3.54. The molecule has 1 N–H and O–H groups in total. The van der Waals surface area contributed by atoms with Crippen molar-refractivity contribution in [2.75, 3.05) is 0 Å². The van der Waals surface area contributed by atoms with E-state index in [-0.39, 0.29) is 0 Å². The Morgan fingerprint density at radius 3 is 2.53 bits per heavy atom. The van der Waals surface area contributed by atoms with Gasteiger partial charge < -0.3 is 4.98 Å². The number of aromatic amines is 1. The van der Waals surface area contributed by atoms with E-state index in [1.165, 1.54) is 21.8 Å². The van der Waals surface area contributed by atoms with Gasteiger partial charge >= 0.3 is 0 Å². The molecule has 2 aromatic carbocycles. The molecule has 0 atom stereocenters. The van der Waals surface area contributed by atoms with Gasteiger partial charge in [0.05, 0.1) is 0 Å². The molecule has 3 rings (SSSR count). The second-order valence-electron chi connectivity index (χ2n) is 4.10. The molecule has 3 heteroatoms. The Morgan fingerprint density at radius 2 is 1.67 bits per heavy atom. The van der Waals surface area contributed by atoms with Crippen LogP contribution in [0.3, 0.4) is 0 Å². The van der Waals surface area contributed by atoms with E-state index < -0.39 is 0 Å². The highest BCUT2D eigenvalue weighted by Crippen LogP contribution is 2.22. The summed E-state index contributed by atoms with van der Waals surface area (Å²) in [7, 11) is 2.28. The van der Waals surface area contributed by atoms with Gasteiger partial charge in [0, 0.05) is 42.3 Å². The highest BCUT2D eigenvalue weighted by Gasteiger charge is 2.05. The van der Waals surface area contributed by atoms with Gasteiger partial charge in [0.25, 0.3) is 0 Å². The van der Waals surface area contributed by atoms with Crippen molar-refractivity contribution in [2.24, 2.45) is 0 Å². The first-order valence-electron chi connectivity index (χ1n) is 5.24. The minimum atomic E-state index is 1.13. The van der Waals surface area contributed by atoms with Crippen LogP contribution in [0.1, 0.15) is 0 Å². The van der Waals surface area contributed by atoms with Crippen LogP contribution in [0.25, 0.3) is 21.8 Å². The van der Waals surface area contributed by atoms with Gasteiger partial charge in [-0.25, -0.2) is 0 Å². The summed E-state index contributed by atoms with van der Waals surface area (Å²) in [5.74, 6) is 0. The van der Waals surface area contributed by atoms with Crippen LogP contribution in [-0.4, -0.2) is 25.5 Å². The van der Waals surface area contributed by atoms with Crippen molar-refractivity contribution in [2.45, 2.75) is 0 Å². The summed E-state index contributed by atoms with van der Waals surface area (Å²) in [5.41, 5.74) is 2.63. The molecule has 0 saturated carbocycles. The summed E-state index contributed by atoms with van der Waals surface area (Å²) < 4.78 is 0. The Labute approximate surface area is 94.3 Å². The number of rotatable bonds is 0. The molecule has 0 spiro atoms. The summed E-state index contributed by atoms with van der Waals surface area (Å²) >= 11 is 0. The molecule has 74 valence electrons. The molecule has 15 heavy (non-hydrogen) atoms. The summed E-state index contributed by atoms with van der Waals surface area (Å²) in [6.45, 7) is 0. The number of hydrogen-bond donors (Lipinski definition) is 1. The Morgan fingerprint density at radius 1 is 0.867 bits per heavy atom. The van der Waals surface area contributed by atoms with E-state index in [2.05, 4.69) is 41.4 Å². The van der Waals surface area contributed by atoms with Crippen molar-refractivity contribution >= 4 is 52.7 Å². The zero-order valence-electron chi connectivity index (χ0n) is 8.96. The first kappa shape index (κ1) is 8.94. The van der Waals surface area contributed by atoms with Crippen LogP contribution < -0.4 is 10.4 Å². The van der Waals surface area contributed by atoms with Crippen LogP contribution in [0.5, 0.6) is 0 Å². The maximum absolute atomic E-state index is 3.54. The fourth-order valence-electron chi connectivity index (χ4n) is 2.16. The Hall–Kier alpha value is -1.33. The first-order valence-corrected chi connectivity index (χ1v) is 7.24. The molecule has 0 fully saturated rings. The molecular weight excluding hydrogens is 214 g/mol. The van der Waals surface area contributed by atoms with E-state index >= 15 is 0 Å². The molecule has 0 amide bonds. The van der Waals surface area contributed by atoms with Gasteiger partial charge in [-0.15, -0.1) is 0 Å². The lowest BCUT2D eigenvalue weighted by molar-refractivity contribution is 1.56. The number of H-pyrrole nitrogens is 1. The quantitative estimate of drug-likeness (QED) is 0.489. The van der Waals surface area contributed by atoms with E-state index in [0.29, 0.717) is 0 Å². The predicted molar refractivity (Wildman–Crippen MR) is 75.0 cm³/mol. The zero-order chi connectivity index (χ0) is 10.4. The monoisotopic (exact) mass is 227 g/mol. The summed E-state index contributed by atoms with van der Waals surface area (Å²) in [6.07, 6.45) is 0. The number of aromatic nitrogens is 1. The highest BCUT2D eigenvalue weighted by atomic mass is 28.2. The Kier molecular flexibility index (Phi) is 1.84. The van der Waals surface area contributed by atoms with E-state index in [1.807, 2.05) is 0 Å². The smallest absolute Gasteiger partial charge is 0.0464 e. The molecule has 0 bridgehead atoms. The molecule has 3 aromatic rings. The lowest BCUT2D eigenvalue weighted by Crippen LogP contribution is -2.25. The van der Waals surface area contributed by atoms with Crippen molar-refractivity contribution in [3.63, 3.8) is 0 Å². The number of para-hydroxylation sites is 1. The maximum atomic E-state index is 3.54. The normalized spacial score (nSPS) is 11.7. The second kappa shape index (κ2) is 3.08. The van der Waals surface area contributed by atoms with Crippen LogP contribution in [-0.2, 0) is 0 Å². The van der Waals surface area contributed by atoms with E-state index in [9.17, 15) is 0 Å². The fourth-order valence-corrected chi connectivity index (χ4v) is 3.14. The topological polar surface area (TPSA) is 15.8 Å². The van der Waals surface area contributed by atoms with Crippen LogP contribution in [0.4, 0.5) is 0 Å². The number of benzene rings is 2. The van der Waals surface area contributed by atoms with Crippen LogP contribution in [0, 0.1) is 0 Å². The Bertz CT molecular complexity index is 655. The van der Waals surface area contributed by atoms with Gasteiger partial charge in [0.2, 0.25) is 0 Å². The van der Waals surface area contributed by atoms with E-state index in [0.717, 1.165) is 20.5 Å². The first-order chi connectivity index (χ1) is 7.27. The molecule has 1 aromatic heterocycles. The predicted octanol–water partition coefficient (Wildman–Crippen LogP) is -0.698. The van der Waals surface area contributed by atoms with Gasteiger partial charge in [0.15, 0.2) is 0 Å². The third-order valence-corrected chi connectivity index (χ3v) is 6.58. The van der Waals surface area contributed by atoms with Gasteiger partial charge in [-0.2, -0.15) is 0 Å². The average molecular weight is 227 g/mol. The molecular formula is C12H13NSi2. The second-order valence-corrected chi connectivity index (χ2v) is 6.18. The maximum Gasteiger partial charge on any atom is 0.0464 e. The summed E-state index contributed by atoms with van der Waals surface area (Å²) in [5, 5.41) is 5.83. The molecule has 0 aliphatic carbocycles. The standard InChI is InChI=1S/C12H13NSi2/c14-10-6-5-8-7-3-1-2-4-9(7)13-11(8)12(10)15/h1-6,13H,14-15H3. The van der Waals surface area contributed by atoms with Crippen molar-refractivity contribution in [3.05, 3.63) is 36.4 Å². The molecule has 0 saturated heterocycles. The van der Waals surface area contributed by atoms with Crippen LogP contribution in [0.15, 0.2) is 36.4 Å². The zero-order valence-corrected chi connectivity index (χ0v) is 13.0. The van der Waals surface area contributed by atoms with E-state index in [4.69, 9.17) is 0 Å². The number of hydrogen-bond acceptors (Lipinski definition) is 0. The molecule has 0 unspecified atom stereocenters. The average Bonchev–Trinajstić information content (AvgIpc) is 2.63. The van der Waals surface area contributed by atoms with Crippen molar-refractivity contribution in [1.29, 1.82) is 0 Å². The molecule has 1 nitrogen and oxygen atoms in total. The fraction of sp³-hybridized carbons (Fsp3) is 0. The van der Waals surface area contributed by atoms with Crippen molar-refractivity contribution in [1.82, 2.24) is 4.98 Å². The lowest BCUT2D eigenvalue weighted by atomic mass is 10.1. The third-order valence-electron chi connectivity index (χ3n) is 3.21. The molecule has 0 radical (unpaired) electrons. The van der Waals surface area contributed by atoms with Crippen LogP contribution >= 0.6 is 0 Å². The van der Waals surface area contributed by atoms with Crippen molar-refractivity contribution in [3.8, 4) is 0 Å². The lowest BCUT2D eigenvalue weighted by Gasteiger charge is -2.00. The molecule has 1 heterocycles. The number of nitrogens with one attached hydrogen (secondary N) is 1. The minimum Gasteiger partial charge on any atom is -0.355 e. The van der Waals surface area contributed by atoms with Gasteiger partial charge in [-0.3, -0.25) is 0 Å². The molecule has 0 aliphatic rings.